The molecule has 5 rings (SSSR count). The van der Waals surface area contributed by atoms with Crippen molar-refractivity contribution in [2.24, 2.45) is 0 Å². The van der Waals surface area contributed by atoms with Gasteiger partial charge in [-0.2, -0.15) is 0 Å². The molecule has 1 N–H and O–H groups in total. The molecule has 1 amide bonds. The van der Waals surface area contributed by atoms with E-state index in [0.717, 1.165) is 41.4 Å². The topological polar surface area (TPSA) is 58.9 Å². The number of carbonyl (C=O) groups is 1. The predicted octanol–water partition coefficient (Wildman–Crippen LogP) is 5.07. The Kier molecular flexibility index (Phi) is 5.50. The Morgan fingerprint density at radius 2 is 1.81 bits per heavy atom. The molecule has 0 unspecified atom stereocenters. The first-order valence-corrected chi connectivity index (χ1v) is 11.0. The number of nitrogens with zero attached hydrogens (tertiary/aromatic N) is 3. The zero-order chi connectivity index (χ0) is 21.9. The van der Waals surface area contributed by atoms with E-state index in [1.165, 1.54) is 12.8 Å². The number of aryl methyl sites for hydroxylation is 1. The minimum Gasteiger partial charge on any atom is -0.487 e. The summed E-state index contributed by atoms with van der Waals surface area (Å²) in [6, 6.07) is 19.3. The minimum absolute atomic E-state index is 0.126. The number of anilines is 2. The van der Waals surface area contributed by atoms with E-state index in [9.17, 15) is 4.79 Å². The van der Waals surface area contributed by atoms with Crippen molar-refractivity contribution in [3.05, 3.63) is 89.9 Å². The molecule has 162 valence electrons. The Labute approximate surface area is 187 Å². The number of fused-ring (bicyclic) bond motifs is 1. The van der Waals surface area contributed by atoms with Crippen molar-refractivity contribution in [1.82, 2.24) is 9.38 Å². The lowest BCUT2D eigenvalue weighted by Crippen LogP contribution is -2.21. The third kappa shape index (κ3) is 4.17. The number of rotatable bonds is 6. The average Bonchev–Trinajstić information content (AvgIpc) is 3.49. The lowest BCUT2D eigenvalue weighted by atomic mass is 10.2. The Bertz CT molecular complexity index is 1240. The summed E-state index contributed by atoms with van der Waals surface area (Å²) in [5.41, 5.74) is 5.45. The van der Waals surface area contributed by atoms with Gasteiger partial charge in [0.05, 0.1) is 17.1 Å². The molecular formula is C26H26N4O2. The average molecular weight is 427 g/mol. The molecule has 3 heterocycles. The second-order valence-electron chi connectivity index (χ2n) is 8.13. The van der Waals surface area contributed by atoms with Crippen molar-refractivity contribution in [3.8, 4) is 5.75 Å². The SMILES string of the molecule is Cc1cccn2cc(COc3ccc(C(=O)Nc4ccccc4N4CCCC4)cc3)nc12. The second kappa shape index (κ2) is 8.75. The number of para-hydroxylation sites is 2. The highest BCUT2D eigenvalue weighted by Crippen LogP contribution is 2.29. The van der Waals surface area contributed by atoms with Crippen LogP contribution in [0.1, 0.15) is 34.5 Å². The van der Waals surface area contributed by atoms with Crippen molar-refractivity contribution in [2.45, 2.75) is 26.4 Å². The molecule has 0 bridgehead atoms. The molecule has 2 aromatic heterocycles. The van der Waals surface area contributed by atoms with Crippen LogP contribution < -0.4 is 15.0 Å². The highest BCUT2D eigenvalue weighted by Gasteiger charge is 2.17. The van der Waals surface area contributed by atoms with E-state index in [2.05, 4.69) is 21.3 Å². The molecule has 4 aromatic rings. The van der Waals surface area contributed by atoms with Gasteiger partial charge in [-0.3, -0.25) is 4.79 Å². The molecule has 32 heavy (non-hydrogen) atoms. The summed E-state index contributed by atoms with van der Waals surface area (Å²) < 4.78 is 7.89. The van der Waals surface area contributed by atoms with Crippen molar-refractivity contribution in [2.75, 3.05) is 23.3 Å². The van der Waals surface area contributed by atoms with Crippen LogP contribution in [0.3, 0.4) is 0 Å². The number of pyridine rings is 1. The van der Waals surface area contributed by atoms with Crippen molar-refractivity contribution >= 4 is 22.9 Å². The number of amides is 1. The maximum atomic E-state index is 12.8. The third-order valence-electron chi connectivity index (χ3n) is 5.83. The number of hydrogen-bond donors (Lipinski definition) is 1. The highest BCUT2D eigenvalue weighted by atomic mass is 16.5. The lowest BCUT2D eigenvalue weighted by Gasteiger charge is -2.21. The van der Waals surface area contributed by atoms with E-state index in [0.29, 0.717) is 17.9 Å². The standard InChI is InChI=1S/C26H26N4O2/c1-19-7-6-16-30-17-21(27-25(19)30)18-32-22-12-10-20(11-13-22)26(31)28-23-8-2-3-9-24(23)29-14-4-5-15-29/h2-3,6-13,16-17H,4-5,14-15,18H2,1H3,(H,28,31). The summed E-state index contributed by atoms with van der Waals surface area (Å²) in [6.07, 6.45) is 6.34. The molecule has 1 aliphatic rings. The maximum Gasteiger partial charge on any atom is 0.255 e. The molecule has 0 spiro atoms. The summed E-state index contributed by atoms with van der Waals surface area (Å²) >= 11 is 0. The van der Waals surface area contributed by atoms with Gasteiger partial charge in [-0.05, 0) is 67.8 Å². The second-order valence-corrected chi connectivity index (χ2v) is 8.13. The fraction of sp³-hybridized carbons (Fsp3) is 0.231. The van der Waals surface area contributed by atoms with Crippen LogP contribution in [0.5, 0.6) is 5.75 Å². The normalized spacial score (nSPS) is 13.5. The molecule has 2 aromatic carbocycles. The van der Waals surface area contributed by atoms with E-state index in [1.54, 1.807) is 12.1 Å². The fourth-order valence-electron chi connectivity index (χ4n) is 4.14. The number of imidazole rings is 1. The van der Waals surface area contributed by atoms with Crippen LogP contribution in [-0.4, -0.2) is 28.4 Å². The first kappa shape index (κ1) is 20.1. The largest absolute Gasteiger partial charge is 0.487 e. The molecule has 0 saturated carbocycles. The molecule has 6 nitrogen and oxygen atoms in total. The Balaban J connectivity index is 1.23. The summed E-state index contributed by atoms with van der Waals surface area (Å²) in [5.74, 6) is 0.576. The van der Waals surface area contributed by atoms with Crippen LogP contribution in [0.2, 0.25) is 0 Å². The number of ether oxygens (including phenoxy) is 1. The first-order valence-electron chi connectivity index (χ1n) is 11.0. The number of carbonyl (C=O) groups excluding carboxylic acids is 1. The van der Waals surface area contributed by atoms with E-state index < -0.39 is 0 Å². The van der Waals surface area contributed by atoms with E-state index in [1.807, 2.05) is 66.2 Å². The van der Waals surface area contributed by atoms with Crippen molar-refractivity contribution in [3.63, 3.8) is 0 Å². The molecule has 1 saturated heterocycles. The number of aromatic nitrogens is 2. The molecule has 1 fully saturated rings. The monoisotopic (exact) mass is 426 g/mol. The van der Waals surface area contributed by atoms with E-state index in [-0.39, 0.29) is 5.91 Å². The van der Waals surface area contributed by atoms with E-state index in [4.69, 9.17) is 4.74 Å². The Morgan fingerprint density at radius 1 is 1.03 bits per heavy atom. The van der Waals surface area contributed by atoms with Gasteiger partial charge < -0.3 is 19.4 Å². The number of benzene rings is 2. The Hall–Kier alpha value is -3.80. The van der Waals surface area contributed by atoms with Crippen LogP contribution in [-0.2, 0) is 6.61 Å². The van der Waals surface area contributed by atoms with Gasteiger partial charge in [-0.15, -0.1) is 0 Å². The van der Waals surface area contributed by atoms with Gasteiger partial charge in [-0.1, -0.05) is 18.2 Å². The molecule has 0 atom stereocenters. The van der Waals surface area contributed by atoms with Gasteiger partial charge in [0.1, 0.15) is 18.0 Å². The molecular weight excluding hydrogens is 400 g/mol. The smallest absolute Gasteiger partial charge is 0.255 e. The number of hydrogen-bond acceptors (Lipinski definition) is 4. The summed E-state index contributed by atoms with van der Waals surface area (Å²) in [6.45, 7) is 4.48. The van der Waals surface area contributed by atoms with Crippen LogP contribution in [0.4, 0.5) is 11.4 Å². The lowest BCUT2D eigenvalue weighted by molar-refractivity contribution is 0.102. The van der Waals surface area contributed by atoms with Gasteiger partial charge in [-0.25, -0.2) is 4.98 Å². The van der Waals surface area contributed by atoms with Gasteiger partial charge in [0.2, 0.25) is 0 Å². The van der Waals surface area contributed by atoms with Gasteiger partial charge in [0.25, 0.3) is 5.91 Å². The van der Waals surface area contributed by atoms with Crippen molar-refractivity contribution < 1.29 is 9.53 Å². The molecule has 6 heteroatoms. The zero-order valence-corrected chi connectivity index (χ0v) is 18.1. The van der Waals surface area contributed by atoms with Crippen LogP contribution >= 0.6 is 0 Å². The summed E-state index contributed by atoms with van der Waals surface area (Å²) in [7, 11) is 0. The number of nitrogens with one attached hydrogen (secondary N) is 1. The molecule has 0 aliphatic carbocycles. The Morgan fingerprint density at radius 3 is 2.59 bits per heavy atom. The quantitative estimate of drug-likeness (QED) is 0.467. The predicted molar refractivity (Wildman–Crippen MR) is 127 cm³/mol. The van der Waals surface area contributed by atoms with Gasteiger partial charge >= 0.3 is 0 Å². The fourth-order valence-corrected chi connectivity index (χ4v) is 4.14. The van der Waals surface area contributed by atoms with E-state index >= 15 is 0 Å². The minimum atomic E-state index is -0.126. The van der Waals surface area contributed by atoms with Crippen molar-refractivity contribution in [1.29, 1.82) is 0 Å². The van der Waals surface area contributed by atoms with Crippen LogP contribution in [0.15, 0.2) is 73.1 Å². The van der Waals surface area contributed by atoms with Gasteiger partial charge in [0.15, 0.2) is 0 Å². The molecule has 1 aliphatic heterocycles. The maximum absolute atomic E-state index is 12.8. The molecule has 0 radical (unpaired) electrons. The van der Waals surface area contributed by atoms with Crippen LogP contribution in [0, 0.1) is 6.92 Å². The van der Waals surface area contributed by atoms with Gasteiger partial charge in [0, 0.05) is 31.0 Å². The first-order chi connectivity index (χ1) is 15.7. The highest BCUT2D eigenvalue weighted by molar-refractivity contribution is 6.06. The third-order valence-corrected chi connectivity index (χ3v) is 5.83. The van der Waals surface area contributed by atoms with Crippen LogP contribution in [0.25, 0.3) is 5.65 Å². The summed E-state index contributed by atoms with van der Waals surface area (Å²) in [4.78, 5) is 19.8. The summed E-state index contributed by atoms with van der Waals surface area (Å²) in [5, 5.41) is 3.07. The zero-order valence-electron chi connectivity index (χ0n) is 18.1.